The third kappa shape index (κ3) is 1.81. The zero-order valence-electron chi connectivity index (χ0n) is 11.6. The number of benzene rings is 1. The van der Waals surface area contributed by atoms with E-state index in [-0.39, 0.29) is 5.54 Å². The molecule has 0 N–H and O–H groups in total. The third-order valence-electron chi connectivity index (χ3n) is 4.37. The van der Waals surface area contributed by atoms with Crippen LogP contribution in [0.5, 0.6) is 0 Å². The number of hydrogen-bond acceptors (Lipinski definition) is 0. The van der Waals surface area contributed by atoms with Crippen LogP contribution < -0.4 is 4.57 Å². The van der Waals surface area contributed by atoms with Gasteiger partial charge in [0, 0.05) is 25.0 Å². The molecule has 1 aliphatic heterocycles. The summed E-state index contributed by atoms with van der Waals surface area (Å²) in [5.41, 5.74) is 4.04. The quantitative estimate of drug-likeness (QED) is 0.704. The van der Waals surface area contributed by atoms with Crippen LogP contribution in [0.4, 0.5) is 0 Å². The molecule has 0 atom stereocenters. The molecular formula is C18H20N+. The van der Waals surface area contributed by atoms with Gasteiger partial charge >= 0.3 is 0 Å². The van der Waals surface area contributed by atoms with Gasteiger partial charge in [-0.25, -0.2) is 0 Å². The van der Waals surface area contributed by atoms with Crippen LogP contribution in [0.15, 0.2) is 54.7 Å². The normalized spacial score (nSPS) is 15.5. The highest BCUT2D eigenvalue weighted by atomic mass is 15.0. The van der Waals surface area contributed by atoms with Crippen molar-refractivity contribution in [2.75, 3.05) is 0 Å². The molecule has 0 amide bonds. The molecule has 0 aliphatic carbocycles. The summed E-state index contributed by atoms with van der Waals surface area (Å²) in [6.07, 6.45) is 9.10. The first kappa shape index (κ1) is 12.2. The van der Waals surface area contributed by atoms with Crippen LogP contribution in [0, 0.1) is 0 Å². The molecular weight excluding hydrogens is 230 g/mol. The monoisotopic (exact) mass is 250 g/mol. The molecule has 1 aliphatic rings. The molecule has 0 spiro atoms. The van der Waals surface area contributed by atoms with Gasteiger partial charge in [0.2, 0.25) is 5.69 Å². The van der Waals surface area contributed by atoms with Crippen LogP contribution in [0.2, 0.25) is 0 Å². The van der Waals surface area contributed by atoms with Crippen molar-refractivity contribution >= 4 is 6.08 Å². The Bertz CT molecular complexity index is 621. The van der Waals surface area contributed by atoms with Gasteiger partial charge < -0.3 is 0 Å². The second-order valence-corrected chi connectivity index (χ2v) is 5.19. The van der Waals surface area contributed by atoms with Crippen LogP contribution in [0.25, 0.3) is 17.3 Å². The van der Waals surface area contributed by atoms with Gasteiger partial charge in [0.25, 0.3) is 0 Å². The van der Waals surface area contributed by atoms with Crippen molar-refractivity contribution in [2.24, 2.45) is 0 Å². The van der Waals surface area contributed by atoms with Gasteiger partial charge in [-0.1, -0.05) is 38.1 Å². The van der Waals surface area contributed by atoms with Gasteiger partial charge in [-0.2, -0.15) is 4.57 Å². The van der Waals surface area contributed by atoms with Gasteiger partial charge in [-0.15, -0.1) is 0 Å². The lowest BCUT2D eigenvalue weighted by Gasteiger charge is -2.23. The van der Waals surface area contributed by atoms with Crippen molar-refractivity contribution in [3.05, 3.63) is 60.3 Å². The minimum atomic E-state index is 0.0929. The lowest BCUT2D eigenvalue weighted by Crippen LogP contribution is -2.55. The van der Waals surface area contributed by atoms with Gasteiger partial charge in [0.15, 0.2) is 11.7 Å². The predicted octanol–water partition coefficient (Wildman–Crippen LogP) is 4.18. The molecule has 19 heavy (non-hydrogen) atoms. The maximum Gasteiger partial charge on any atom is 0.213 e. The van der Waals surface area contributed by atoms with Crippen LogP contribution >= 0.6 is 0 Å². The van der Waals surface area contributed by atoms with E-state index in [0.717, 1.165) is 12.8 Å². The second-order valence-electron chi connectivity index (χ2n) is 5.19. The zero-order chi connectivity index (χ0) is 13.3. The molecule has 0 unspecified atom stereocenters. The summed E-state index contributed by atoms with van der Waals surface area (Å²) in [6, 6.07) is 15.1. The first-order valence-electron chi connectivity index (χ1n) is 7.10. The second kappa shape index (κ2) is 4.65. The smallest absolute Gasteiger partial charge is 0.189 e. The highest BCUT2D eigenvalue weighted by Gasteiger charge is 2.37. The topological polar surface area (TPSA) is 3.88 Å². The zero-order valence-corrected chi connectivity index (χ0v) is 11.6. The van der Waals surface area contributed by atoms with E-state index in [1.54, 1.807) is 0 Å². The van der Waals surface area contributed by atoms with E-state index in [1.165, 1.54) is 16.8 Å². The molecule has 3 rings (SSSR count). The highest BCUT2D eigenvalue weighted by Crippen LogP contribution is 2.31. The van der Waals surface area contributed by atoms with Crippen LogP contribution in [0.1, 0.15) is 32.3 Å². The number of nitrogens with zero attached hydrogens (tertiary/aromatic N) is 1. The van der Waals surface area contributed by atoms with Gasteiger partial charge in [0.1, 0.15) is 0 Å². The lowest BCUT2D eigenvalue weighted by molar-refractivity contribution is -0.743. The molecule has 0 bridgehead atoms. The van der Waals surface area contributed by atoms with E-state index in [2.05, 4.69) is 79.2 Å². The van der Waals surface area contributed by atoms with Gasteiger partial charge in [0.05, 0.1) is 5.56 Å². The molecule has 1 nitrogen and oxygen atoms in total. The number of fused-ring (bicyclic) bond motifs is 3. The molecule has 1 aromatic heterocycles. The Hall–Kier alpha value is -1.89. The summed E-state index contributed by atoms with van der Waals surface area (Å²) in [5, 5.41) is 0. The third-order valence-corrected chi connectivity index (χ3v) is 4.37. The molecule has 0 radical (unpaired) electrons. The average molecular weight is 250 g/mol. The van der Waals surface area contributed by atoms with Gasteiger partial charge in [-0.3, -0.25) is 0 Å². The van der Waals surface area contributed by atoms with E-state index in [9.17, 15) is 0 Å². The van der Waals surface area contributed by atoms with Crippen LogP contribution in [0.3, 0.4) is 0 Å². The maximum absolute atomic E-state index is 2.44. The van der Waals surface area contributed by atoms with Crippen molar-refractivity contribution in [2.45, 2.75) is 32.2 Å². The van der Waals surface area contributed by atoms with E-state index in [0.29, 0.717) is 0 Å². The minimum Gasteiger partial charge on any atom is -0.189 e. The van der Waals surface area contributed by atoms with Crippen LogP contribution in [-0.4, -0.2) is 0 Å². The molecule has 0 fully saturated rings. The number of hydrogen-bond donors (Lipinski definition) is 0. The summed E-state index contributed by atoms with van der Waals surface area (Å²) < 4.78 is 2.44. The Morgan fingerprint density at radius 2 is 1.68 bits per heavy atom. The molecule has 1 heteroatoms. The standard InChI is InChI=1S/C18H20N/c1-3-18(4-2)13-12-15-9-5-6-10-16(15)17-11-7-8-14-19(17)18/h5-14H,3-4H2,1-2H3/q+1. The average Bonchev–Trinajstić information content (AvgIpc) is 2.63. The van der Waals surface area contributed by atoms with Crippen molar-refractivity contribution in [3.63, 3.8) is 0 Å². The van der Waals surface area contributed by atoms with E-state index >= 15 is 0 Å². The number of pyridine rings is 1. The van der Waals surface area contributed by atoms with Crippen molar-refractivity contribution in [1.82, 2.24) is 0 Å². The summed E-state index contributed by atoms with van der Waals surface area (Å²) in [4.78, 5) is 0. The van der Waals surface area contributed by atoms with Crippen LogP contribution in [-0.2, 0) is 5.54 Å². The van der Waals surface area contributed by atoms with Crippen molar-refractivity contribution < 1.29 is 4.57 Å². The Kier molecular flexibility index (Phi) is 2.98. The Morgan fingerprint density at radius 1 is 0.947 bits per heavy atom. The first-order chi connectivity index (χ1) is 9.30. The molecule has 96 valence electrons. The number of rotatable bonds is 2. The number of aromatic nitrogens is 1. The first-order valence-corrected chi connectivity index (χ1v) is 7.10. The Morgan fingerprint density at radius 3 is 2.47 bits per heavy atom. The van der Waals surface area contributed by atoms with E-state index in [1.807, 2.05) is 0 Å². The fourth-order valence-corrected chi connectivity index (χ4v) is 3.08. The molecule has 2 heterocycles. The summed E-state index contributed by atoms with van der Waals surface area (Å²) in [6.45, 7) is 4.54. The fraction of sp³-hybridized carbons (Fsp3) is 0.278. The Balaban J connectivity index is 2.35. The van der Waals surface area contributed by atoms with Crippen molar-refractivity contribution in [3.8, 4) is 11.3 Å². The SMILES string of the molecule is CCC1(CC)C=Cc2ccccc2-c2cccc[n+]21. The largest absolute Gasteiger partial charge is 0.213 e. The summed E-state index contributed by atoms with van der Waals surface area (Å²) >= 11 is 0. The fourth-order valence-electron chi connectivity index (χ4n) is 3.08. The van der Waals surface area contributed by atoms with Crippen molar-refractivity contribution in [1.29, 1.82) is 0 Å². The molecule has 2 aromatic rings. The lowest BCUT2D eigenvalue weighted by atomic mass is 9.91. The minimum absolute atomic E-state index is 0.0929. The predicted molar refractivity (Wildman–Crippen MR) is 79.7 cm³/mol. The summed E-state index contributed by atoms with van der Waals surface area (Å²) in [7, 11) is 0. The molecule has 0 saturated heterocycles. The van der Waals surface area contributed by atoms with Gasteiger partial charge in [-0.05, 0) is 23.8 Å². The molecule has 0 saturated carbocycles. The highest BCUT2D eigenvalue weighted by molar-refractivity contribution is 5.72. The van der Waals surface area contributed by atoms with E-state index < -0.39 is 0 Å². The van der Waals surface area contributed by atoms with E-state index in [4.69, 9.17) is 0 Å². The maximum atomic E-state index is 2.44. The Labute approximate surface area is 115 Å². The molecule has 1 aromatic carbocycles. The number of allylic oxidation sites excluding steroid dienone is 1. The summed E-state index contributed by atoms with van der Waals surface area (Å²) in [5.74, 6) is 0.